The Labute approximate surface area is 179 Å². The molecule has 0 aliphatic carbocycles. The van der Waals surface area contributed by atoms with Crippen LogP contribution in [0.4, 0.5) is 0 Å². The van der Waals surface area contributed by atoms with E-state index in [1.54, 1.807) is 0 Å². The molecule has 29 heavy (non-hydrogen) atoms. The number of amides is 1. The summed E-state index contributed by atoms with van der Waals surface area (Å²) in [7, 11) is 0. The summed E-state index contributed by atoms with van der Waals surface area (Å²) in [5.41, 5.74) is 2.92. The molecule has 0 bridgehead atoms. The SMILES string of the molecule is Cc1ccc(C)c(OC2CCN(C(=O)c3ccn(C4CCCNC4)n3)CC2)c1.Cl. The average molecular weight is 419 g/mol. The first-order valence-electron chi connectivity index (χ1n) is 10.4. The van der Waals surface area contributed by atoms with Crippen molar-refractivity contribution < 1.29 is 9.53 Å². The Bertz CT molecular complexity index is 824. The number of carbonyl (C=O) groups is 1. The number of nitrogens with one attached hydrogen (secondary N) is 1. The van der Waals surface area contributed by atoms with E-state index < -0.39 is 0 Å². The Balaban J connectivity index is 0.00000240. The molecule has 3 heterocycles. The average Bonchev–Trinajstić information content (AvgIpc) is 3.22. The predicted octanol–water partition coefficient (Wildman–Crippen LogP) is 3.53. The molecule has 2 aromatic rings. The molecule has 2 fully saturated rings. The van der Waals surface area contributed by atoms with Gasteiger partial charge in [-0.1, -0.05) is 12.1 Å². The number of benzene rings is 1. The Kier molecular flexibility index (Phi) is 7.19. The highest BCUT2D eigenvalue weighted by molar-refractivity contribution is 5.92. The zero-order chi connectivity index (χ0) is 19.5. The second-order valence-electron chi connectivity index (χ2n) is 8.06. The number of aromatic nitrogens is 2. The molecule has 0 saturated carbocycles. The van der Waals surface area contributed by atoms with Crippen LogP contribution < -0.4 is 10.1 Å². The fourth-order valence-corrected chi connectivity index (χ4v) is 4.07. The maximum absolute atomic E-state index is 12.9. The molecule has 6 nitrogen and oxygen atoms in total. The lowest BCUT2D eigenvalue weighted by molar-refractivity contribution is 0.0587. The third-order valence-corrected chi connectivity index (χ3v) is 5.84. The van der Waals surface area contributed by atoms with Crippen LogP contribution in [0.2, 0.25) is 0 Å². The molecule has 4 rings (SSSR count). The number of halogens is 1. The van der Waals surface area contributed by atoms with Gasteiger partial charge in [0, 0.05) is 38.7 Å². The number of likely N-dealkylation sites (tertiary alicyclic amines) is 1. The van der Waals surface area contributed by atoms with Crippen LogP contribution in [0.3, 0.4) is 0 Å². The van der Waals surface area contributed by atoms with E-state index in [-0.39, 0.29) is 24.4 Å². The Morgan fingerprint density at radius 1 is 1.17 bits per heavy atom. The molecule has 1 unspecified atom stereocenters. The molecule has 1 aromatic heterocycles. The summed E-state index contributed by atoms with van der Waals surface area (Å²) in [6, 6.07) is 8.51. The van der Waals surface area contributed by atoms with Crippen molar-refractivity contribution in [3.05, 3.63) is 47.3 Å². The first-order chi connectivity index (χ1) is 13.6. The Morgan fingerprint density at radius 3 is 2.69 bits per heavy atom. The normalized spacial score (nSPS) is 20.2. The van der Waals surface area contributed by atoms with Crippen molar-refractivity contribution in [3.8, 4) is 5.75 Å². The van der Waals surface area contributed by atoms with Gasteiger partial charge >= 0.3 is 0 Å². The van der Waals surface area contributed by atoms with Gasteiger partial charge < -0.3 is 15.0 Å². The van der Waals surface area contributed by atoms with Gasteiger partial charge in [-0.05, 0) is 56.5 Å². The monoisotopic (exact) mass is 418 g/mol. The zero-order valence-corrected chi connectivity index (χ0v) is 18.1. The third-order valence-electron chi connectivity index (χ3n) is 5.84. The molecule has 0 radical (unpaired) electrons. The summed E-state index contributed by atoms with van der Waals surface area (Å²) >= 11 is 0. The van der Waals surface area contributed by atoms with Gasteiger partial charge in [-0.15, -0.1) is 12.4 Å². The lowest BCUT2D eigenvalue weighted by atomic mass is 10.1. The third kappa shape index (κ3) is 5.11. The van der Waals surface area contributed by atoms with Crippen molar-refractivity contribution in [2.24, 2.45) is 0 Å². The number of hydrogen-bond acceptors (Lipinski definition) is 4. The molecule has 158 valence electrons. The summed E-state index contributed by atoms with van der Waals surface area (Å²) < 4.78 is 8.17. The number of piperidine rings is 2. The molecule has 1 amide bonds. The lowest BCUT2D eigenvalue weighted by Crippen LogP contribution is -2.42. The highest BCUT2D eigenvalue weighted by atomic mass is 35.5. The van der Waals surface area contributed by atoms with Gasteiger partial charge in [0.25, 0.3) is 5.91 Å². The summed E-state index contributed by atoms with van der Waals surface area (Å²) in [5.74, 6) is 0.998. The fourth-order valence-electron chi connectivity index (χ4n) is 4.07. The standard InChI is InChI=1S/C22H30N4O2.ClH/c1-16-5-6-17(2)21(14-16)28-19-7-11-25(12-8-19)22(27)20-9-13-26(24-20)18-4-3-10-23-15-18;/h5-6,9,13-14,18-19,23H,3-4,7-8,10-12,15H2,1-2H3;1H. The minimum absolute atomic E-state index is 0. The van der Waals surface area contributed by atoms with E-state index >= 15 is 0 Å². The second kappa shape index (κ2) is 9.63. The quantitative estimate of drug-likeness (QED) is 0.825. The molecule has 1 atom stereocenters. The smallest absolute Gasteiger partial charge is 0.274 e. The topological polar surface area (TPSA) is 59.4 Å². The number of ether oxygens (including phenoxy) is 1. The molecule has 0 spiro atoms. The van der Waals surface area contributed by atoms with Gasteiger partial charge in [-0.3, -0.25) is 9.48 Å². The van der Waals surface area contributed by atoms with Crippen LogP contribution in [0, 0.1) is 13.8 Å². The largest absolute Gasteiger partial charge is 0.490 e. The second-order valence-corrected chi connectivity index (χ2v) is 8.06. The van der Waals surface area contributed by atoms with E-state index in [2.05, 4.69) is 42.5 Å². The van der Waals surface area contributed by atoms with Crippen LogP contribution in [0.15, 0.2) is 30.5 Å². The van der Waals surface area contributed by atoms with Crippen LogP contribution in [-0.4, -0.2) is 52.9 Å². The summed E-state index contributed by atoms with van der Waals surface area (Å²) in [6.45, 7) is 7.58. The molecule has 1 aromatic carbocycles. The van der Waals surface area contributed by atoms with Crippen LogP contribution in [0.1, 0.15) is 53.3 Å². The van der Waals surface area contributed by atoms with Crippen molar-refractivity contribution >= 4 is 18.3 Å². The molecular weight excluding hydrogens is 388 g/mol. The van der Waals surface area contributed by atoms with Crippen molar-refractivity contribution in [2.75, 3.05) is 26.2 Å². The van der Waals surface area contributed by atoms with Crippen LogP contribution in [-0.2, 0) is 0 Å². The Hall–Kier alpha value is -2.05. The van der Waals surface area contributed by atoms with Gasteiger partial charge in [0.05, 0.1) is 6.04 Å². The van der Waals surface area contributed by atoms with E-state index in [1.807, 2.05) is 21.8 Å². The highest BCUT2D eigenvalue weighted by Crippen LogP contribution is 2.24. The van der Waals surface area contributed by atoms with Gasteiger partial charge in [-0.25, -0.2) is 0 Å². The van der Waals surface area contributed by atoms with Crippen LogP contribution >= 0.6 is 12.4 Å². The van der Waals surface area contributed by atoms with E-state index in [0.717, 1.165) is 50.1 Å². The van der Waals surface area contributed by atoms with Crippen molar-refractivity contribution in [3.63, 3.8) is 0 Å². The predicted molar refractivity (Wildman–Crippen MR) is 116 cm³/mol. The summed E-state index contributed by atoms with van der Waals surface area (Å²) in [4.78, 5) is 14.8. The number of aryl methyl sites for hydroxylation is 2. The van der Waals surface area contributed by atoms with Crippen molar-refractivity contribution in [1.82, 2.24) is 20.0 Å². The molecule has 2 aliphatic rings. The van der Waals surface area contributed by atoms with E-state index in [9.17, 15) is 4.79 Å². The zero-order valence-electron chi connectivity index (χ0n) is 17.3. The molecular formula is C22H31ClN4O2. The molecule has 2 saturated heterocycles. The maximum atomic E-state index is 12.9. The van der Waals surface area contributed by atoms with Gasteiger partial charge in [0.1, 0.15) is 17.5 Å². The van der Waals surface area contributed by atoms with Crippen LogP contribution in [0.5, 0.6) is 5.75 Å². The maximum Gasteiger partial charge on any atom is 0.274 e. The molecule has 2 aliphatic heterocycles. The van der Waals surface area contributed by atoms with Gasteiger partial charge in [0.2, 0.25) is 0 Å². The Morgan fingerprint density at radius 2 is 1.97 bits per heavy atom. The summed E-state index contributed by atoms with van der Waals surface area (Å²) in [5, 5.41) is 7.97. The minimum atomic E-state index is 0. The van der Waals surface area contributed by atoms with Gasteiger partial charge in [0.15, 0.2) is 0 Å². The number of hydrogen-bond donors (Lipinski definition) is 1. The van der Waals surface area contributed by atoms with Crippen molar-refractivity contribution in [2.45, 2.75) is 51.7 Å². The van der Waals surface area contributed by atoms with Crippen molar-refractivity contribution in [1.29, 1.82) is 0 Å². The highest BCUT2D eigenvalue weighted by Gasteiger charge is 2.27. The van der Waals surface area contributed by atoms with Crippen LogP contribution in [0.25, 0.3) is 0 Å². The lowest BCUT2D eigenvalue weighted by Gasteiger charge is -2.32. The van der Waals surface area contributed by atoms with E-state index in [4.69, 9.17) is 4.74 Å². The number of carbonyl (C=O) groups excluding carboxylic acids is 1. The molecule has 7 heteroatoms. The number of nitrogens with zero attached hydrogens (tertiary/aromatic N) is 3. The summed E-state index contributed by atoms with van der Waals surface area (Å²) in [6.07, 6.45) is 6.08. The first-order valence-corrected chi connectivity index (χ1v) is 10.4. The van der Waals surface area contributed by atoms with E-state index in [0.29, 0.717) is 24.8 Å². The van der Waals surface area contributed by atoms with Gasteiger partial charge in [-0.2, -0.15) is 5.10 Å². The minimum Gasteiger partial charge on any atom is -0.490 e. The fraction of sp³-hybridized carbons (Fsp3) is 0.545. The van der Waals surface area contributed by atoms with E-state index in [1.165, 1.54) is 5.56 Å². The number of rotatable bonds is 4. The first kappa shape index (κ1) is 21.7. The molecule has 1 N–H and O–H groups in total.